The number of benzene rings is 1. The molecule has 1 aromatic carbocycles. The van der Waals surface area contributed by atoms with E-state index in [1.165, 1.54) is 6.26 Å². The van der Waals surface area contributed by atoms with E-state index < -0.39 is 5.41 Å². The number of hydrogen-bond donors (Lipinski definition) is 0. The monoisotopic (exact) mass is 368 g/mol. The molecule has 0 N–H and O–H groups in total. The minimum absolute atomic E-state index is 0.0348. The standard InChI is InChI=1S/C21H24N2O4/c1-3-26-20(25)21(11-15-7-5-4-6-8-15)12-16-9-10-18(21)23(16)19(24)17-13-27-14(2)22-17/h4-8,13,16,18H,3,9-12H2,1-2H3/t16-,18+,21+/m1/s1. The largest absolute Gasteiger partial charge is 0.465 e. The summed E-state index contributed by atoms with van der Waals surface area (Å²) < 4.78 is 10.7. The van der Waals surface area contributed by atoms with Crippen LogP contribution in [-0.4, -0.2) is 40.5 Å². The van der Waals surface area contributed by atoms with Crippen LogP contribution >= 0.6 is 0 Å². The van der Waals surface area contributed by atoms with Crippen LogP contribution < -0.4 is 0 Å². The zero-order chi connectivity index (χ0) is 19.0. The molecule has 27 heavy (non-hydrogen) atoms. The number of amides is 1. The van der Waals surface area contributed by atoms with Crippen LogP contribution in [0.1, 0.15) is 48.1 Å². The summed E-state index contributed by atoms with van der Waals surface area (Å²) in [7, 11) is 0. The van der Waals surface area contributed by atoms with Gasteiger partial charge in [0.2, 0.25) is 0 Å². The van der Waals surface area contributed by atoms with E-state index in [4.69, 9.17) is 9.15 Å². The van der Waals surface area contributed by atoms with Gasteiger partial charge in [-0.25, -0.2) is 4.98 Å². The van der Waals surface area contributed by atoms with Gasteiger partial charge in [-0.3, -0.25) is 9.59 Å². The third-order valence-corrected chi connectivity index (χ3v) is 5.86. The fourth-order valence-corrected chi connectivity index (χ4v) is 4.80. The summed E-state index contributed by atoms with van der Waals surface area (Å²) >= 11 is 0. The van der Waals surface area contributed by atoms with Crippen LogP contribution in [0.4, 0.5) is 0 Å². The summed E-state index contributed by atoms with van der Waals surface area (Å²) in [5.74, 6) is 0.111. The van der Waals surface area contributed by atoms with Crippen LogP contribution in [0.5, 0.6) is 0 Å². The molecule has 0 aliphatic carbocycles. The number of aryl methyl sites for hydroxylation is 1. The molecule has 0 radical (unpaired) electrons. The quantitative estimate of drug-likeness (QED) is 0.758. The Labute approximate surface area is 158 Å². The lowest BCUT2D eigenvalue weighted by Gasteiger charge is -2.35. The van der Waals surface area contributed by atoms with Crippen molar-refractivity contribution in [1.82, 2.24) is 9.88 Å². The predicted octanol–water partition coefficient (Wildman–Crippen LogP) is 3.15. The third-order valence-electron chi connectivity index (χ3n) is 5.86. The summed E-state index contributed by atoms with van der Waals surface area (Å²) in [6.07, 6.45) is 4.32. The van der Waals surface area contributed by atoms with Crippen molar-refractivity contribution < 1.29 is 18.7 Å². The number of nitrogens with zero attached hydrogens (tertiary/aromatic N) is 2. The van der Waals surface area contributed by atoms with Gasteiger partial charge in [0.05, 0.1) is 12.0 Å². The highest BCUT2D eigenvalue weighted by molar-refractivity contribution is 5.94. The van der Waals surface area contributed by atoms with Crippen molar-refractivity contribution in [3.05, 3.63) is 53.7 Å². The lowest BCUT2D eigenvalue weighted by atomic mass is 9.70. The van der Waals surface area contributed by atoms with Gasteiger partial charge in [0.25, 0.3) is 5.91 Å². The zero-order valence-electron chi connectivity index (χ0n) is 15.7. The van der Waals surface area contributed by atoms with Crippen LogP contribution in [0.15, 0.2) is 41.0 Å². The normalized spacial score (nSPS) is 26.4. The SMILES string of the molecule is CCOC(=O)[C@@]1(Cc2ccccc2)C[C@H]2CC[C@@H]1N2C(=O)c1coc(C)n1. The lowest BCUT2D eigenvalue weighted by molar-refractivity contribution is -0.157. The van der Waals surface area contributed by atoms with E-state index in [0.717, 1.165) is 18.4 Å². The van der Waals surface area contributed by atoms with E-state index >= 15 is 0 Å². The molecule has 0 unspecified atom stereocenters. The Hall–Kier alpha value is -2.63. The molecule has 2 aliphatic rings. The van der Waals surface area contributed by atoms with Gasteiger partial charge >= 0.3 is 5.97 Å². The zero-order valence-corrected chi connectivity index (χ0v) is 15.7. The molecule has 2 saturated heterocycles. The Morgan fingerprint density at radius 3 is 2.74 bits per heavy atom. The van der Waals surface area contributed by atoms with E-state index in [2.05, 4.69) is 4.98 Å². The minimum Gasteiger partial charge on any atom is -0.465 e. The van der Waals surface area contributed by atoms with E-state index in [1.807, 2.05) is 42.2 Å². The molecule has 2 fully saturated rings. The molecule has 0 saturated carbocycles. The molecule has 1 amide bonds. The van der Waals surface area contributed by atoms with Crippen molar-refractivity contribution in [3.8, 4) is 0 Å². The number of carbonyl (C=O) groups is 2. The summed E-state index contributed by atoms with van der Waals surface area (Å²) in [6.45, 7) is 3.87. The lowest BCUT2D eigenvalue weighted by Crippen LogP contribution is -2.47. The van der Waals surface area contributed by atoms with Gasteiger partial charge in [-0.1, -0.05) is 30.3 Å². The van der Waals surface area contributed by atoms with Gasteiger partial charge < -0.3 is 14.1 Å². The van der Waals surface area contributed by atoms with Gasteiger partial charge in [-0.15, -0.1) is 0 Å². The van der Waals surface area contributed by atoms with Crippen molar-refractivity contribution in [3.63, 3.8) is 0 Å². The van der Waals surface area contributed by atoms with Crippen molar-refractivity contribution in [2.24, 2.45) is 5.41 Å². The van der Waals surface area contributed by atoms with Gasteiger partial charge in [0.15, 0.2) is 11.6 Å². The molecule has 1 aromatic heterocycles. The van der Waals surface area contributed by atoms with Crippen LogP contribution in [-0.2, 0) is 16.0 Å². The number of rotatable bonds is 5. The Morgan fingerprint density at radius 1 is 1.30 bits per heavy atom. The topological polar surface area (TPSA) is 72.6 Å². The number of ether oxygens (including phenoxy) is 1. The Bertz CT molecular complexity index is 847. The summed E-state index contributed by atoms with van der Waals surface area (Å²) in [5.41, 5.74) is 0.695. The van der Waals surface area contributed by atoms with Crippen LogP contribution in [0, 0.1) is 12.3 Å². The van der Waals surface area contributed by atoms with Crippen molar-refractivity contribution in [1.29, 1.82) is 0 Å². The van der Waals surface area contributed by atoms with Crippen LogP contribution in [0.25, 0.3) is 0 Å². The molecule has 3 atom stereocenters. The molecule has 2 aromatic rings. The van der Waals surface area contributed by atoms with E-state index in [9.17, 15) is 9.59 Å². The Kier molecular flexibility index (Phi) is 4.50. The molecule has 0 spiro atoms. The predicted molar refractivity (Wildman–Crippen MR) is 98.0 cm³/mol. The van der Waals surface area contributed by atoms with Gasteiger partial charge in [0.1, 0.15) is 6.26 Å². The average molecular weight is 368 g/mol. The Balaban J connectivity index is 1.68. The molecular formula is C21H24N2O4. The van der Waals surface area contributed by atoms with Gasteiger partial charge in [0, 0.05) is 19.0 Å². The second kappa shape index (κ2) is 6.83. The molecule has 6 nitrogen and oxygen atoms in total. The maximum Gasteiger partial charge on any atom is 0.314 e. The second-order valence-electron chi connectivity index (χ2n) is 7.45. The highest BCUT2D eigenvalue weighted by Crippen LogP contribution is 2.52. The molecule has 3 heterocycles. The highest BCUT2D eigenvalue weighted by atomic mass is 16.5. The molecule has 4 rings (SSSR count). The molecule has 142 valence electrons. The number of oxazole rings is 1. The first kappa shape index (κ1) is 17.8. The maximum absolute atomic E-state index is 13.1. The number of carbonyl (C=O) groups excluding carboxylic acids is 2. The molecule has 2 aliphatic heterocycles. The summed E-state index contributed by atoms with van der Waals surface area (Å²) in [6, 6.07) is 9.83. The van der Waals surface area contributed by atoms with Crippen molar-refractivity contribution >= 4 is 11.9 Å². The van der Waals surface area contributed by atoms with E-state index in [0.29, 0.717) is 31.0 Å². The van der Waals surface area contributed by atoms with Crippen LogP contribution in [0.2, 0.25) is 0 Å². The van der Waals surface area contributed by atoms with Crippen LogP contribution in [0.3, 0.4) is 0 Å². The van der Waals surface area contributed by atoms with E-state index in [1.54, 1.807) is 6.92 Å². The average Bonchev–Trinajstić information content (AvgIpc) is 3.36. The first-order valence-electron chi connectivity index (χ1n) is 9.51. The fraction of sp³-hybridized carbons (Fsp3) is 0.476. The fourth-order valence-electron chi connectivity index (χ4n) is 4.80. The highest BCUT2D eigenvalue weighted by Gasteiger charge is 2.62. The molecule has 6 heteroatoms. The van der Waals surface area contributed by atoms with Gasteiger partial charge in [-0.05, 0) is 38.2 Å². The number of fused-ring (bicyclic) bond motifs is 2. The van der Waals surface area contributed by atoms with E-state index in [-0.39, 0.29) is 24.0 Å². The van der Waals surface area contributed by atoms with Crippen molar-refractivity contribution in [2.75, 3.05) is 6.61 Å². The van der Waals surface area contributed by atoms with Gasteiger partial charge in [-0.2, -0.15) is 0 Å². The molecule has 2 bridgehead atoms. The first-order valence-corrected chi connectivity index (χ1v) is 9.51. The smallest absolute Gasteiger partial charge is 0.314 e. The third kappa shape index (κ3) is 2.93. The maximum atomic E-state index is 13.1. The number of aromatic nitrogens is 1. The minimum atomic E-state index is -0.700. The second-order valence-corrected chi connectivity index (χ2v) is 7.45. The summed E-state index contributed by atoms with van der Waals surface area (Å²) in [5, 5.41) is 0. The summed E-state index contributed by atoms with van der Waals surface area (Å²) in [4.78, 5) is 32.2. The molecular weight excluding hydrogens is 344 g/mol. The van der Waals surface area contributed by atoms with Crippen molar-refractivity contribution in [2.45, 2.75) is 51.6 Å². The Morgan fingerprint density at radius 2 is 2.07 bits per heavy atom. The number of esters is 1. The first-order chi connectivity index (χ1) is 13.0. The number of hydrogen-bond acceptors (Lipinski definition) is 5.